The molecular formula is C14H17N3O3S. The summed E-state index contributed by atoms with van der Waals surface area (Å²) in [6.07, 6.45) is 2.47. The summed E-state index contributed by atoms with van der Waals surface area (Å²) >= 11 is 1.48. The monoisotopic (exact) mass is 307 g/mol. The third-order valence-corrected chi connectivity index (χ3v) is 3.81. The molecule has 0 radical (unpaired) electrons. The second kappa shape index (κ2) is 7.03. The number of hydrogen-bond acceptors (Lipinski definition) is 6. The van der Waals surface area contributed by atoms with Gasteiger partial charge in [0.15, 0.2) is 10.9 Å². The summed E-state index contributed by atoms with van der Waals surface area (Å²) in [6.45, 7) is 5.03. The fourth-order valence-corrected chi connectivity index (χ4v) is 2.60. The second-order valence-electron chi connectivity index (χ2n) is 4.36. The van der Waals surface area contributed by atoms with Gasteiger partial charge in [-0.1, -0.05) is 24.3 Å². The number of hydrogen-bond donors (Lipinski definition) is 1. The van der Waals surface area contributed by atoms with Crippen molar-refractivity contribution in [3.8, 4) is 5.75 Å². The fourth-order valence-electron chi connectivity index (χ4n) is 1.80. The van der Waals surface area contributed by atoms with Crippen molar-refractivity contribution in [3.63, 3.8) is 0 Å². The number of nitro benzene ring substituents is 1. The maximum atomic E-state index is 11.1. The molecule has 112 valence electrons. The summed E-state index contributed by atoms with van der Waals surface area (Å²) in [5.41, 5.74) is 0.923. The van der Waals surface area contributed by atoms with Crippen molar-refractivity contribution in [1.82, 2.24) is 4.98 Å². The van der Waals surface area contributed by atoms with Crippen LogP contribution in [0.2, 0.25) is 0 Å². The Morgan fingerprint density at radius 3 is 2.90 bits per heavy atom. The highest BCUT2D eigenvalue weighted by atomic mass is 32.1. The zero-order valence-corrected chi connectivity index (χ0v) is 12.8. The molecule has 0 saturated carbocycles. The normalized spacial score (nSPS) is 10.4. The van der Waals surface area contributed by atoms with Gasteiger partial charge in [-0.15, -0.1) is 0 Å². The van der Waals surface area contributed by atoms with Gasteiger partial charge in [0.2, 0.25) is 0 Å². The third kappa shape index (κ3) is 3.91. The highest BCUT2D eigenvalue weighted by Crippen LogP contribution is 2.29. The zero-order valence-electron chi connectivity index (χ0n) is 12.0. The molecule has 0 fully saturated rings. The number of ether oxygens (including phenoxy) is 1. The number of nitrogens with one attached hydrogen (secondary N) is 1. The first-order valence-corrected chi connectivity index (χ1v) is 7.54. The highest BCUT2D eigenvalue weighted by molar-refractivity contribution is 7.15. The molecule has 1 N–H and O–H groups in total. The first-order valence-electron chi connectivity index (χ1n) is 6.72. The summed E-state index contributed by atoms with van der Waals surface area (Å²) in [5, 5.41) is 15.0. The van der Waals surface area contributed by atoms with E-state index in [1.54, 1.807) is 18.3 Å². The molecule has 2 rings (SSSR count). The standard InChI is InChI=1S/C14H17N3O3S/c1-3-10-5-6-13(12(7-10)17(18)19)20-9-11-8-16-14(21-11)15-4-2/h5-8H,3-4,9H2,1-2H3,(H,15,16). The molecule has 0 unspecified atom stereocenters. The number of thiazole rings is 1. The summed E-state index contributed by atoms with van der Waals surface area (Å²) in [7, 11) is 0. The highest BCUT2D eigenvalue weighted by Gasteiger charge is 2.16. The molecule has 6 nitrogen and oxygen atoms in total. The predicted molar refractivity (Wildman–Crippen MR) is 83.1 cm³/mol. The first-order chi connectivity index (χ1) is 10.1. The van der Waals surface area contributed by atoms with Crippen LogP contribution < -0.4 is 10.1 Å². The van der Waals surface area contributed by atoms with E-state index in [4.69, 9.17) is 4.74 Å². The maximum Gasteiger partial charge on any atom is 0.311 e. The molecule has 1 heterocycles. The molecule has 0 saturated heterocycles. The third-order valence-electron chi connectivity index (χ3n) is 2.88. The Kier molecular flexibility index (Phi) is 5.10. The Morgan fingerprint density at radius 1 is 1.43 bits per heavy atom. The molecular weight excluding hydrogens is 290 g/mol. The summed E-state index contributed by atoms with van der Waals surface area (Å²) in [6, 6.07) is 5.06. The van der Waals surface area contributed by atoms with Crippen molar-refractivity contribution in [2.24, 2.45) is 0 Å². The maximum absolute atomic E-state index is 11.1. The molecule has 0 spiro atoms. The summed E-state index contributed by atoms with van der Waals surface area (Å²) < 4.78 is 5.58. The molecule has 7 heteroatoms. The van der Waals surface area contributed by atoms with Crippen molar-refractivity contribution in [2.45, 2.75) is 26.9 Å². The number of nitrogens with zero attached hydrogens (tertiary/aromatic N) is 2. The van der Waals surface area contributed by atoms with Crippen LogP contribution in [0.4, 0.5) is 10.8 Å². The number of benzene rings is 1. The quantitative estimate of drug-likeness (QED) is 0.624. The van der Waals surface area contributed by atoms with Crippen LogP contribution in [0.1, 0.15) is 24.3 Å². The van der Waals surface area contributed by atoms with Crippen molar-refractivity contribution in [3.05, 3.63) is 45.0 Å². The minimum Gasteiger partial charge on any atom is -0.481 e. The lowest BCUT2D eigenvalue weighted by molar-refractivity contribution is -0.386. The van der Waals surface area contributed by atoms with Crippen LogP contribution in [0.5, 0.6) is 5.75 Å². The average molecular weight is 307 g/mol. The number of rotatable bonds is 7. The van der Waals surface area contributed by atoms with E-state index in [1.807, 2.05) is 19.9 Å². The summed E-state index contributed by atoms with van der Waals surface area (Å²) in [4.78, 5) is 15.8. The van der Waals surface area contributed by atoms with Crippen molar-refractivity contribution in [1.29, 1.82) is 0 Å². The molecule has 1 aromatic heterocycles. The molecule has 2 aromatic rings. The minimum atomic E-state index is -0.411. The number of nitro groups is 1. The van der Waals surface area contributed by atoms with Crippen LogP contribution >= 0.6 is 11.3 Å². The molecule has 0 aliphatic heterocycles. The van der Waals surface area contributed by atoms with Crippen LogP contribution in [0.25, 0.3) is 0 Å². The van der Waals surface area contributed by atoms with E-state index in [0.29, 0.717) is 0 Å². The van der Waals surface area contributed by atoms with Crippen LogP contribution in [0, 0.1) is 10.1 Å². The Morgan fingerprint density at radius 2 is 2.24 bits per heavy atom. The number of aryl methyl sites for hydroxylation is 1. The minimum absolute atomic E-state index is 0.00534. The van der Waals surface area contributed by atoms with Gasteiger partial charge in [-0.3, -0.25) is 10.1 Å². The van der Waals surface area contributed by atoms with Gasteiger partial charge in [0.25, 0.3) is 0 Å². The van der Waals surface area contributed by atoms with Crippen LogP contribution in [-0.2, 0) is 13.0 Å². The van der Waals surface area contributed by atoms with Gasteiger partial charge >= 0.3 is 5.69 Å². The van der Waals surface area contributed by atoms with E-state index < -0.39 is 4.92 Å². The Hall–Kier alpha value is -2.15. The van der Waals surface area contributed by atoms with E-state index in [0.717, 1.165) is 28.5 Å². The molecule has 0 aliphatic carbocycles. The van der Waals surface area contributed by atoms with Gasteiger partial charge in [0.05, 0.1) is 9.80 Å². The van der Waals surface area contributed by atoms with Gasteiger partial charge in [-0.05, 0) is 25.0 Å². The average Bonchev–Trinajstić information content (AvgIpc) is 2.93. The lowest BCUT2D eigenvalue weighted by atomic mass is 10.1. The van der Waals surface area contributed by atoms with E-state index in [2.05, 4.69) is 10.3 Å². The Labute approximate surface area is 126 Å². The van der Waals surface area contributed by atoms with Crippen molar-refractivity contribution >= 4 is 22.2 Å². The van der Waals surface area contributed by atoms with E-state index in [1.165, 1.54) is 11.3 Å². The molecule has 1 aromatic carbocycles. The van der Waals surface area contributed by atoms with Crippen LogP contribution in [0.15, 0.2) is 24.4 Å². The zero-order chi connectivity index (χ0) is 15.2. The molecule has 0 amide bonds. The van der Waals surface area contributed by atoms with E-state index in [-0.39, 0.29) is 18.0 Å². The Balaban J connectivity index is 2.09. The number of aromatic nitrogens is 1. The predicted octanol–water partition coefficient (Wildman–Crippen LogP) is 3.62. The van der Waals surface area contributed by atoms with Gasteiger partial charge in [0.1, 0.15) is 6.61 Å². The molecule has 21 heavy (non-hydrogen) atoms. The first kappa shape index (κ1) is 15.2. The van der Waals surface area contributed by atoms with Gasteiger partial charge in [0, 0.05) is 18.8 Å². The second-order valence-corrected chi connectivity index (χ2v) is 5.48. The van der Waals surface area contributed by atoms with Crippen LogP contribution in [-0.4, -0.2) is 16.5 Å². The van der Waals surface area contributed by atoms with Crippen LogP contribution in [0.3, 0.4) is 0 Å². The SMILES string of the molecule is CCNc1ncc(COc2ccc(CC)cc2[N+](=O)[O-])s1. The fraction of sp³-hybridized carbons (Fsp3) is 0.357. The lowest BCUT2D eigenvalue weighted by Crippen LogP contribution is -1.99. The van der Waals surface area contributed by atoms with Gasteiger partial charge in [-0.2, -0.15) is 0 Å². The van der Waals surface area contributed by atoms with E-state index >= 15 is 0 Å². The largest absolute Gasteiger partial charge is 0.481 e. The topological polar surface area (TPSA) is 77.3 Å². The number of anilines is 1. The smallest absolute Gasteiger partial charge is 0.311 e. The van der Waals surface area contributed by atoms with Crippen molar-refractivity contribution in [2.75, 3.05) is 11.9 Å². The van der Waals surface area contributed by atoms with Gasteiger partial charge in [-0.25, -0.2) is 4.98 Å². The Bertz CT molecular complexity index is 628. The molecule has 0 bridgehead atoms. The van der Waals surface area contributed by atoms with Gasteiger partial charge < -0.3 is 10.1 Å². The van der Waals surface area contributed by atoms with Crippen molar-refractivity contribution < 1.29 is 9.66 Å². The molecule has 0 atom stereocenters. The van der Waals surface area contributed by atoms with E-state index in [9.17, 15) is 10.1 Å². The summed E-state index contributed by atoms with van der Waals surface area (Å²) in [5.74, 6) is 0.288. The molecule has 0 aliphatic rings. The lowest BCUT2D eigenvalue weighted by Gasteiger charge is -2.06.